The number of ether oxygens (including phenoxy) is 1. The molecule has 0 unspecified atom stereocenters. The Morgan fingerprint density at radius 1 is 1.18 bits per heavy atom. The summed E-state index contributed by atoms with van der Waals surface area (Å²) in [6.45, 7) is 4.30. The lowest BCUT2D eigenvalue weighted by molar-refractivity contribution is -0.0650. The van der Waals surface area contributed by atoms with Crippen molar-refractivity contribution in [1.82, 2.24) is 4.98 Å². The zero-order valence-electron chi connectivity index (χ0n) is 9.81. The lowest BCUT2D eigenvalue weighted by atomic mass is 9.83. The van der Waals surface area contributed by atoms with Crippen LogP contribution < -0.4 is 4.90 Å². The quantitative estimate of drug-likeness (QED) is 0.785. The summed E-state index contributed by atoms with van der Waals surface area (Å²) in [6, 6.07) is 4.16. The lowest BCUT2D eigenvalue weighted by Gasteiger charge is -2.40. The van der Waals surface area contributed by atoms with Crippen molar-refractivity contribution >= 4 is 21.6 Å². The summed E-state index contributed by atoms with van der Waals surface area (Å²) in [5.41, 5.74) is 1.25. The number of aromatic nitrogens is 1. The first-order valence-electron chi connectivity index (χ1n) is 6.27. The lowest BCUT2D eigenvalue weighted by Crippen LogP contribution is -2.42. The summed E-state index contributed by atoms with van der Waals surface area (Å²) in [4.78, 5) is 6.73. The third-order valence-corrected chi connectivity index (χ3v) is 4.42. The minimum absolute atomic E-state index is 0.834. The normalized spacial score (nSPS) is 22.5. The van der Waals surface area contributed by atoms with Crippen LogP contribution in [-0.2, 0) is 4.74 Å². The van der Waals surface area contributed by atoms with E-state index >= 15 is 0 Å². The van der Waals surface area contributed by atoms with E-state index in [1.807, 2.05) is 12.3 Å². The highest BCUT2D eigenvalue weighted by atomic mass is 79.9. The van der Waals surface area contributed by atoms with Crippen molar-refractivity contribution in [2.24, 2.45) is 11.8 Å². The van der Waals surface area contributed by atoms with Gasteiger partial charge < -0.3 is 9.64 Å². The Kier molecular flexibility index (Phi) is 3.34. The van der Waals surface area contributed by atoms with Gasteiger partial charge in [0, 0.05) is 19.0 Å². The molecule has 3 heterocycles. The van der Waals surface area contributed by atoms with Gasteiger partial charge in [-0.15, -0.1) is 0 Å². The topological polar surface area (TPSA) is 25.4 Å². The van der Waals surface area contributed by atoms with Crippen molar-refractivity contribution in [3.63, 3.8) is 0 Å². The fourth-order valence-electron chi connectivity index (χ4n) is 2.71. The van der Waals surface area contributed by atoms with Gasteiger partial charge in [-0.05, 0) is 46.8 Å². The Bertz CT molecular complexity index is 370. The zero-order chi connectivity index (χ0) is 11.7. The summed E-state index contributed by atoms with van der Waals surface area (Å²) in [5.74, 6) is 1.71. The van der Waals surface area contributed by atoms with Crippen LogP contribution in [0.5, 0.6) is 0 Å². The van der Waals surface area contributed by atoms with E-state index in [4.69, 9.17) is 4.74 Å². The predicted molar refractivity (Wildman–Crippen MR) is 71.2 cm³/mol. The Labute approximate surface area is 110 Å². The molecule has 2 aliphatic heterocycles. The second-order valence-electron chi connectivity index (χ2n) is 4.96. The van der Waals surface area contributed by atoms with E-state index in [-0.39, 0.29) is 0 Å². The molecule has 2 fully saturated rings. The molecule has 0 aliphatic carbocycles. The van der Waals surface area contributed by atoms with Crippen molar-refractivity contribution in [2.45, 2.75) is 12.8 Å². The molecular formula is C13H17BrN2O. The van der Waals surface area contributed by atoms with Gasteiger partial charge in [0.25, 0.3) is 0 Å². The van der Waals surface area contributed by atoms with Crippen LogP contribution in [0.3, 0.4) is 0 Å². The van der Waals surface area contributed by atoms with Gasteiger partial charge in [-0.2, -0.15) is 0 Å². The van der Waals surface area contributed by atoms with Crippen LogP contribution in [0.1, 0.15) is 12.8 Å². The van der Waals surface area contributed by atoms with E-state index in [1.165, 1.54) is 18.5 Å². The monoisotopic (exact) mass is 296 g/mol. The molecule has 0 N–H and O–H groups in total. The molecule has 92 valence electrons. The summed E-state index contributed by atoms with van der Waals surface area (Å²) in [7, 11) is 0. The van der Waals surface area contributed by atoms with Gasteiger partial charge in [0.1, 0.15) is 4.60 Å². The summed E-state index contributed by atoms with van der Waals surface area (Å²) in [5, 5.41) is 0. The minimum atomic E-state index is 0.834. The zero-order valence-corrected chi connectivity index (χ0v) is 11.4. The van der Waals surface area contributed by atoms with Crippen molar-refractivity contribution in [1.29, 1.82) is 0 Å². The number of anilines is 1. The van der Waals surface area contributed by atoms with Gasteiger partial charge in [0.2, 0.25) is 0 Å². The molecule has 1 aromatic rings. The molecule has 0 saturated carbocycles. The van der Waals surface area contributed by atoms with Crippen molar-refractivity contribution in [3.05, 3.63) is 22.9 Å². The molecule has 4 heteroatoms. The van der Waals surface area contributed by atoms with Gasteiger partial charge in [-0.1, -0.05) is 0 Å². The average molecular weight is 297 g/mol. The van der Waals surface area contributed by atoms with Crippen LogP contribution in [0, 0.1) is 11.8 Å². The molecule has 3 nitrogen and oxygen atoms in total. The highest BCUT2D eigenvalue weighted by molar-refractivity contribution is 9.10. The molecule has 0 atom stereocenters. The number of hydrogen-bond donors (Lipinski definition) is 0. The van der Waals surface area contributed by atoms with Gasteiger partial charge in [0.15, 0.2) is 0 Å². The van der Waals surface area contributed by atoms with Gasteiger partial charge in [-0.3, -0.25) is 0 Å². The number of pyridine rings is 1. The standard InChI is InChI=1S/C13H17BrN2O/c14-13-2-1-12(7-15-13)16-5-3-10(4-6-16)11-8-17-9-11/h1-2,7,10-11H,3-6,8-9H2. The maximum Gasteiger partial charge on any atom is 0.106 e. The second-order valence-corrected chi connectivity index (χ2v) is 5.77. The molecule has 17 heavy (non-hydrogen) atoms. The summed E-state index contributed by atoms with van der Waals surface area (Å²) < 4.78 is 6.19. The largest absolute Gasteiger partial charge is 0.381 e. The smallest absolute Gasteiger partial charge is 0.106 e. The van der Waals surface area contributed by atoms with Crippen LogP contribution in [-0.4, -0.2) is 31.3 Å². The molecule has 0 spiro atoms. The first kappa shape index (κ1) is 11.5. The molecule has 0 aromatic carbocycles. The van der Waals surface area contributed by atoms with E-state index in [0.717, 1.165) is 42.7 Å². The maximum atomic E-state index is 5.28. The third kappa shape index (κ3) is 2.47. The van der Waals surface area contributed by atoms with Gasteiger partial charge in [0.05, 0.1) is 25.1 Å². The highest BCUT2D eigenvalue weighted by Crippen LogP contribution is 2.31. The Balaban J connectivity index is 1.58. The number of rotatable bonds is 2. The van der Waals surface area contributed by atoms with Crippen molar-refractivity contribution < 1.29 is 4.74 Å². The Morgan fingerprint density at radius 2 is 1.94 bits per heavy atom. The highest BCUT2D eigenvalue weighted by Gasteiger charge is 2.31. The second kappa shape index (κ2) is 4.94. The Hall–Kier alpha value is -0.610. The van der Waals surface area contributed by atoms with E-state index in [1.54, 1.807) is 0 Å². The molecule has 1 aromatic heterocycles. The van der Waals surface area contributed by atoms with Crippen LogP contribution in [0.25, 0.3) is 0 Å². The third-order valence-electron chi connectivity index (χ3n) is 3.95. The average Bonchev–Trinajstić information content (AvgIpc) is 2.29. The van der Waals surface area contributed by atoms with E-state index < -0.39 is 0 Å². The summed E-state index contributed by atoms with van der Waals surface area (Å²) in [6.07, 6.45) is 4.55. The molecule has 0 amide bonds. The number of nitrogens with zero attached hydrogens (tertiary/aromatic N) is 2. The fraction of sp³-hybridized carbons (Fsp3) is 0.615. The number of halogens is 1. The van der Waals surface area contributed by atoms with Crippen molar-refractivity contribution in [3.8, 4) is 0 Å². The molecular weight excluding hydrogens is 280 g/mol. The van der Waals surface area contributed by atoms with Crippen LogP contribution in [0.4, 0.5) is 5.69 Å². The van der Waals surface area contributed by atoms with Crippen molar-refractivity contribution in [2.75, 3.05) is 31.2 Å². The Morgan fingerprint density at radius 3 is 2.47 bits per heavy atom. The SMILES string of the molecule is Brc1ccc(N2CCC(C3COC3)CC2)cn1. The van der Waals surface area contributed by atoms with Crippen LogP contribution in [0.2, 0.25) is 0 Å². The molecule has 0 bridgehead atoms. The maximum absolute atomic E-state index is 5.28. The van der Waals surface area contributed by atoms with E-state index in [9.17, 15) is 0 Å². The fourth-order valence-corrected chi connectivity index (χ4v) is 2.94. The summed E-state index contributed by atoms with van der Waals surface area (Å²) >= 11 is 3.37. The predicted octanol–water partition coefficient (Wildman–Crippen LogP) is 2.71. The van der Waals surface area contributed by atoms with E-state index in [0.29, 0.717) is 0 Å². The van der Waals surface area contributed by atoms with Gasteiger partial charge in [-0.25, -0.2) is 4.98 Å². The first-order chi connectivity index (χ1) is 8.33. The molecule has 2 saturated heterocycles. The molecule has 3 rings (SSSR count). The number of hydrogen-bond acceptors (Lipinski definition) is 3. The molecule has 2 aliphatic rings. The number of piperidine rings is 1. The first-order valence-corrected chi connectivity index (χ1v) is 7.06. The molecule has 0 radical (unpaired) electrons. The van der Waals surface area contributed by atoms with Gasteiger partial charge >= 0.3 is 0 Å². The van der Waals surface area contributed by atoms with Crippen LogP contribution in [0.15, 0.2) is 22.9 Å². The minimum Gasteiger partial charge on any atom is -0.381 e. The van der Waals surface area contributed by atoms with E-state index in [2.05, 4.69) is 31.9 Å². The van der Waals surface area contributed by atoms with Crippen LogP contribution >= 0.6 is 15.9 Å².